The maximum absolute atomic E-state index is 12.3. The molecule has 1 aromatic carbocycles. The van der Waals surface area contributed by atoms with Gasteiger partial charge in [-0.05, 0) is 43.4 Å². The van der Waals surface area contributed by atoms with E-state index in [1.165, 1.54) is 0 Å². The van der Waals surface area contributed by atoms with Gasteiger partial charge in [-0.15, -0.1) is 0 Å². The predicted molar refractivity (Wildman–Crippen MR) is 109 cm³/mol. The average Bonchev–Trinajstić information content (AvgIpc) is 3.26. The molecule has 7 nitrogen and oxygen atoms in total. The number of nitrogens with two attached hydrogens (primary N) is 1. The molecule has 1 aliphatic carbocycles. The monoisotopic (exact) mass is 441 g/mol. The average molecular weight is 442 g/mol. The number of H-pyrrole nitrogens is 2. The molecule has 0 saturated carbocycles. The van der Waals surface area contributed by atoms with Gasteiger partial charge in [-0.1, -0.05) is 15.9 Å². The first-order valence-electron chi connectivity index (χ1n) is 9.16. The first-order valence-corrected chi connectivity index (χ1v) is 9.96. The summed E-state index contributed by atoms with van der Waals surface area (Å²) in [6.07, 6.45) is 6.08. The minimum absolute atomic E-state index is 0.0148. The number of Topliss-reactive ketones (excluding diaryl/α,β-unsaturated/α-hetero) is 1. The van der Waals surface area contributed by atoms with E-state index in [0.29, 0.717) is 12.7 Å². The molecule has 4 rings (SSSR count). The van der Waals surface area contributed by atoms with Crippen LogP contribution < -0.4 is 5.73 Å². The Morgan fingerprint density at radius 2 is 2.25 bits per heavy atom. The summed E-state index contributed by atoms with van der Waals surface area (Å²) in [6, 6.07) is 5.93. The lowest BCUT2D eigenvalue weighted by molar-refractivity contribution is -0.117. The van der Waals surface area contributed by atoms with Crippen LogP contribution in [-0.2, 0) is 16.0 Å². The lowest BCUT2D eigenvalue weighted by Gasteiger charge is -2.18. The number of aldehydes is 1. The van der Waals surface area contributed by atoms with Crippen molar-refractivity contribution >= 4 is 39.0 Å². The normalized spacial score (nSPS) is 20.0. The van der Waals surface area contributed by atoms with E-state index in [2.05, 4.69) is 30.9 Å². The standard InChI is InChI=1S/C20H20BrN5O2/c21-12-2-4-15-17(9-12)26-20(25-15)13-7-11(8-18(28)14(22)5-6-27)1-3-16-19(13)24-10-23-16/h2,4-6,9-11,13H,1,3,7-8,22H2,(H,23,24)(H,25,26)/t11?,13-/m0/s1. The van der Waals surface area contributed by atoms with Crippen molar-refractivity contribution in [2.75, 3.05) is 0 Å². The summed E-state index contributed by atoms with van der Waals surface area (Å²) in [5.74, 6) is 0.739. The predicted octanol–water partition coefficient (Wildman–Crippen LogP) is 3.13. The van der Waals surface area contributed by atoms with Gasteiger partial charge in [0.05, 0.1) is 34.7 Å². The van der Waals surface area contributed by atoms with Gasteiger partial charge in [-0.3, -0.25) is 9.59 Å². The summed E-state index contributed by atoms with van der Waals surface area (Å²) < 4.78 is 0.984. The number of rotatable bonds is 5. The fraction of sp³-hybridized carbons (Fsp3) is 0.300. The number of aromatic amines is 2. The number of nitrogens with zero attached hydrogens (tertiary/aromatic N) is 2. The van der Waals surface area contributed by atoms with Crippen LogP contribution in [-0.4, -0.2) is 32.0 Å². The van der Waals surface area contributed by atoms with Gasteiger partial charge in [0.1, 0.15) is 12.1 Å². The molecule has 0 spiro atoms. The van der Waals surface area contributed by atoms with Gasteiger partial charge < -0.3 is 15.7 Å². The van der Waals surface area contributed by atoms with E-state index in [4.69, 9.17) is 10.7 Å². The van der Waals surface area contributed by atoms with Crippen molar-refractivity contribution in [2.45, 2.75) is 31.6 Å². The van der Waals surface area contributed by atoms with Crippen molar-refractivity contribution in [1.29, 1.82) is 0 Å². The van der Waals surface area contributed by atoms with Crippen LogP contribution in [0.25, 0.3) is 11.0 Å². The Labute approximate surface area is 170 Å². The lowest BCUT2D eigenvalue weighted by atomic mass is 9.88. The molecule has 4 N–H and O–H groups in total. The molecule has 0 aliphatic heterocycles. The Morgan fingerprint density at radius 3 is 3.07 bits per heavy atom. The zero-order chi connectivity index (χ0) is 19.7. The molecule has 1 aliphatic rings. The molecule has 0 fully saturated rings. The van der Waals surface area contributed by atoms with Crippen molar-refractivity contribution < 1.29 is 9.59 Å². The largest absolute Gasteiger partial charge is 0.396 e. The number of carbonyl (C=O) groups is 2. The van der Waals surface area contributed by atoms with Crippen LogP contribution in [0.1, 0.15) is 42.4 Å². The van der Waals surface area contributed by atoms with Crippen LogP contribution in [0.3, 0.4) is 0 Å². The van der Waals surface area contributed by atoms with Crippen LogP contribution >= 0.6 is 15.9 Å². The maximum Gasteiger partial charge on any atom is 0.178 e. The molecule has 2 heterocycles. The molecular weight excluding hydrogens is 422 g/mol. The van der Waals surface area contributed by atoms with Crippen molar-refractivity contribution in [2.24, 2.45) is 11.7 Å². The van der Waals surface area contributed by atoms with Gasteiger partial charge in [0, 0.05) is 22.7 Å². The van der Waals surface area contributed by atoms with Crippen LogP contribution in [0.5, 0.6) is 0 Å². The van der Waals surface area contributed by atoms with E-state index in [1.807, 2.05) is 18.2 Å². The van der Waals surface area contributed by atoms with E-state index in [-0.39, 0.29) is 23.3 Å². The van der Waals surface area contributed by atoms with E-state index in [9.17, 15) is 9.59 Å². The van der Waals surface area contributed by atoms with E-state index in [1.54, 1.807) is 6.33 Å². The number of carbonyl (C=O) groups excluding carboxylic acids is 2. The Balaban J connectivity index is 1.65. The quantitative estimate of drug-likeness (QED) is 0.319. The molecule has 0 amide bonds. The Hall–Kier alpha value is -2.74. The second kappa shape index (κ2) is 7.71. The smallest absolute Gasteiger partial charge is 0.178 e. The number of fused-ring (bicyclic) bond motifs is 2. The van der Waals surface area contributed by atoms with Gasteiger partial charge >= 0.3 is 0 Å². The summed E-state index contributed by atoms with van der Waals surface area (Å²) in [5.41, 5.74) is 9.62. The molecular formula is C20H20BrN5O2. The van der Waals surface area contributed by atoms with Gasteiger partial charge in [-0.25, -0.2) is 9.97 Å². The lowest BCUT2D eigenvalue weighted by Crippen LogP contribution is -2.18. The molecule has 2 aromatic heterocycles. The van der Waals surface area contributed by atoms with Crippen molar-refractivity contribution in [1.82, 2.24) is 19.9 Å². The topological polar surface area (TPSA) is 118 Å². The zero-order valence-corrected chi connectivity index (χ0v) is 16.7. The van der Waals surface area contributed by atoms with Crippen LogP contribution in [0.15, 0.2) is 40.8 Å². The second-order valence-corrected chi connectivity index (χ2v) is 8.04. The fourth-order valence-electron chi connectivity index (χ4n) is 3.88. The van der Waals surface area contributed by atoms with E-state index >= 15 is 0 Å². The Bertz CT molecular complexity index is 1070. The van der Waals surface area contributed by atoms with Gasteiger partial charge in [0.2, 0.25) is 0 Å². The highest BCUT2D eigenvalue weighted by Gasteiger charge is 2.31. The van der Waals surface area contributed by atoms with Crippen molar-refractivity contribution in [3.63, 3.8) is 0 Å². The number of aryl methyl sites for hydroxylation is 1. The van der Waals surface area contributed by atoms with E-state index in [0.717, 1.165) is 58.1 Å². The Morgan fingerprint density at radius 1 is 1.39 bits per heavy atom. The molecule has 0 bridgehead atoms. The highest BCUT2D eigenvalue weighted by atomic mass is 79.9. The van der Waals surface area contributed by atoms with Gasteiger partial charge in [0.25, 0.3) is 0 Å². The minimum Gasteiger partial charge on any atom is -0.396 e. The third kappa shape index (κ3) is 3.64. The molecule has 2 atom stereocenters. The first kappa shape index (κ1) is 18.6. The summed E-state index contributed by atoms with van der Waals surface area (Å²) in [4.78, 5) is 38.9. The Kier molecular flexibility index (Phi) is 5.13. The number of aromatic nitrogens is 4. The minimum atomic E-state index is -0.192. The number of ketones is 1. The molecule has 1 unspecified atom stereocenters. The fourth-order valence-corrected chi connectivity index (χ4v) is 4.24. The van der Waals surface area contributed by atoms with Crippen molar-refractivity contribution in [3.05, 3.63) is 58.0 Å². The third-order valence-electron chi connectivity index (χ3n) is 5.29. The number of imidazole rings is 2. The molecule has 144 valence electrons. The van der Waals surface area contributed by atoms with E-state index < -0.39 is 0 Å². The summed E-state index contributed by atoms with van der Waals surface area (Å²) >= 11 is 3.49. The molecule has 0 radical (unpaired) electrons. The summed E-state index contributed by atoms with van der Waals surface area (Å²) in [5, 5.41) is 0. The van der Waals surface area contributed by atoms with Crippen LogP contribution in [0.2, 0.25) is 0 Å². The number of allylic oxidation sites excluding steroid dienone is 2. The number of halogens is 1. The van der Waals surface area contributed by atoms with Crippen molar-refractivity contribution in [3.8, 4) is 0 Å². The zero-order valence-electron chi connectivity index (χ0n) is 15.1. The highest BCUT2D eigenvalue weighted by Crippen LogP contribution is 2.37. The first-order chi connectivity index (χ1) is 13.5. The number of nitrogens with one attached hydrogen (secondary N) is 2. The second-order valence-electron chi connectivity index (χ2n) is 7.13. The summed E-state index contributed by atoms with van der Waals surface area (Å²) in [6.45, 7) is 0. The third-order valence-corrected chi connectivity index (χ3v) is 5.78. The number of hydrogen-bond acceptors (Lipinski definition) is 5. The molecule has 28 heavy (non-hydrogen) atoms. The van der Waals surface area contributed by atoms with Gasteiger partial charge in [0.15, 0.2) is 5.78 Å². The van der Waals surface area contributed by atoms with Crippen LogP contribution in [0, 0.1) is 5.92 Å². The van der Waals surface area contributed by atoms with Crippen LogP contribution in [0.4, 0.5) is 0 Å². The molecule has 0 saturated heterocycles. The SMILES string of the molecule is NC(=CC=O)C(=O)CC1CCc2[nH]cnc2[C@@H](c2nc3ccc(Br)cc3[nH]2)C1. The summed E-state index contributed by atoms with van der Waals surface area (Å²) in [7, 11) is 0. The molecule has 8 heteroatoms. The highest BCUT2D eigenvalue weighted by molar-refractivity contribution is 9.10. The van der Waals surface area contributed by atoms with Gasteiger partial charge in [-0.2, -0.15) is 0 Å². The maximum atomic E-state index is 12.3. The number of benzene rings is 1. The number of hydrogen-bond donors (Lipinski definition) is 3. The molecule has 3 aromatic rings.